The number of anilines is 1. The molecule has 1 amide bonds. The third-order valence-corrected chi connectivity index (χ3v) is 3.71. The van der Waals surface area contributed by atoms with Gasteiger partial charge in [-0.15, -0.1) is 0 Å². The number of furan rings is 1. The molecule has 1 aliphatic heterocycles. The largest absolute Gasteiger partial charge is 0.467 e. The highest BCUT2D eigenvalue weighted by atomic mass is 16.3. The van der Waals surface area contributed by atoms with Gasteiger partial charge in [-0.2, -0.15) is 0 Å². The molecular weight excluding hydrogens is 252 g/mol. The Hall–Kier alpha value is -2.07. The number of carbonyl (C=O) groups is 1. The van der Waals surface area contributed by atoms with Crippen LogP contribution in [0.5, 0.6) is 0 Å². The summed E-state index contributed by atoms with van der Waals surface area (Å²) in [6.07, 6.45) is 3.51. The zero-order valence-corrected chi connectivity index (χ0v) is 11.6. The lowest BCUT2D eigenvalue weighted by Gasteiger charge is -2.29. The molecule has 0 fully saturated rings. The first-order chi connectivity index (χ1) is 9.69. The SMILES string of the molecule is Cc1ccc2c(c1)N(C(=O)c1coc(CN)c1)CCC2. The lowest BCUT2D eigenvalue weighted by molar-refractivity contribution is 0.0984. The molecule has 0 atom stereocenters. The van der Waals surface area contributed by atoms with Crippen LogP contribution in [0.4, 0.5) is 5.69 Å². The average molecular weight is 270 g/mol. The summed E-state index contributed by atoms with van der Waals surface area (Å²) in [6, 6.07) is 8.02. The van der Waals surface area contributed by atoms with Crippen LogP contribution in [-0.2, 0) is 13.0 Å². The number of fused-ring (bicyclic) bond motifs is 1. The van der Waals surface area contributed by atoms with Gasteiger partial charge in [0.15, 0.2) is 0 Å². The third kappa shape index (κ3) is 2.23. The Bertz CT molecular complexity index is 646. The van der Waals surface area contributed by atoms with Gasteiger partial charge < -0.3 is 15.1 Å². The summed E-state index contributed by atoms with van der Waals surface area (Å²) in [7, 11) is 0. The van der Waals surface area contributed by atoms with Crippen molar-refractivity contribution in [2.75, 3.05) is 11.4 Å². The van der Waals surface area contributed by atoms with Crippen molar-refractivity contribution in [3.63, 3.8) is 0 Å². The third-order valence-electron chi connectivity index (χ3n) is 3.71. The normalized spacial score (nSPS) is 14.2. The van der Waals surface area contributed by atoms with Gasteiger partial charge in [-0.25, -0.2) is 0 Å². The molecule has 20 heavy (non-hydrogen) atoms. The van der Waals surface area contributed by atoms with Crippen LogP contribution in [0.15, 0.2) is 34.9 Å². The maximum atomic E-state index is 12.6. The number of hydrogen-bond donors (Lipinski definition) is 1. The molecule has 104 valence electrons. The molecule has 0 saturated carbocycles. The molecule has 4 heteroatoms. The lowest BCUT2D eigenvalue weighted by Crippen LogP contribution is -2.35. The molecule has 1 aromatic carbocycles. The Labute approximate surface area is 118 Å². The van der Waals surface area contributed by atoms with Crippen molar-refractivity contribution in [2.24, 2.45) is 5.73 Å². The Kier molecular flexibility index (Phi) is 3.32. The summed E-state index contributed by atoms with van der Waals surface area (Å²) in [4.78, 5) is 14.5. The van der Waals surface area contributed by atoms with Gasteiger partial charge >= 0.3 is 0 Å². The average Bonchev–Trinajstić information content (AvgIpc) is 2.94. The zero-order valence-electron chi connectivity index (χ0n) is 11.6. The van der Waals surface area contributed by atoms with E-state index in [9.17, 15) is 4.79 Å². The van der Waals surface area contributed by atoms with Crippen LogP contribution < -0.4 is 10.6 Å². The molecule has 0 radical (unpaired) electrons. The fraction of sp³-hybridized carbons (Fsp3) is 0.312. The predicted octanol–water partition coefficient (Wildman–Crippen LogP) is 2.64. The summed E-state index contributed by atoms with van der Waals surface area (Å²) in [5, 5.41) is 0. The second-order valence-electron chi connectivity index (χ2n) is 5.20. The summed E-state index contributed by atoms with van der Waals surface area (Å²) < 4.78 is 5.26. The van der Waals surface area contributed by atoms with E-state index in [1.165, 1.54) is 17.4 Å². The fourth-order valence-electron chi connectivity index (χ4n) is 2.65. The number of rotatable bonds is 2. The highest BCUT2D eigenvalue weighted by Crippen LogP contribution is 2.29. The molecule has 2 aromatic rings. The number of nitrogens with zero attached hydrogens (tertiary/aromatic N) is 1. The lowest BCUT2D eigenvalue weighted by atomic mass is 9.99. The highest BCUT2D eigenvalue weighted by Gasteiger charge is 2.24. The van der Waals surface area contributed by atoms with Gasteiger partial charge in [0, 0.05) is 12.2 Å². The van der Waals surface area contributed by atoms with Crippen LogP contribution in [0.1, 0.15) is 33.7 Å². The molecular formula is C16H18N2O2. The van der Waals surface area contributed by atoms with E-state index in [-0.39, 0.29) is 5.91 Å². The number of nitrogens with two attached hydrogens (primary N) is 1. The highest BCUT2D eigenvalue weighted by molar-refractivity contribution is 6.06. The van der Waals surface area contributed by atoms with Crippen molar-refractivity contribution in [1.82, 2.24) is 0 Å². The monoisotopic (exact) mass is 270 g/mol. The first-order valence-electron chi connectivity index (χ1n) is 6.88. The Morgan fingerprint density at radius 3 is 3.00 bits per heavy atom. The molecule has 0 saturated heterocycles. The van der Waals surface area contributed by atoms with Crippen LogP contribution in [0, 0.1) is 6.92 Å². The van der Waals surface area contributed by atoms with E-state index < -0.39 is 0 Å². The molecule has 2 N–H and O–H groups in total. The van der Waals surface area contributed by atoms with Crippen LogP contribution in [-0.4, -0.2) is 12.5 Å². The first-order valence-corrected chi connectivity index (χ1v) is 6.88. The Balaban J connectivity index is 1.95. The van der Waals surface area contributed by atoms with Gasteiger partial charge in [0.2, 0.25) is 0 Å². The number of aryl methyl sites for hydroxylation is 2. The van der Waals surface area contributed by atoms with Crippen molar-refractivity contribution in [1.29, 1.82) is 0 Å². The topological polar surface area (TPSA) is 59.5 Å². The molecule has 4 nitrogen and oxygen atoms in total. The summed E-state index contributed by atoms with van der Waals surface area (Å²) >= 11 is 0. The second-order valence-corrected chi connectivity index (χ2v) is 5.20. The summed E-state index contributed by atoms with van der Waals surface area (Å²) in [5.41, 5.74) is 9.51. The molecule has 1 aromatic heterocycles. The number of benzene rings is 1. The Morgan fingerprint density at radius 1 is 1.40 bits per heavy atom. The first kappa shape index (κ1) is 12.9. The van der Waals surface area contributed by atoms with E-state index in [1.54, 1.807) is 6.07 Å². The predicted molar refractivity (Wildman–Crippen MR) is 77.8 cm³/mol. The van der Waals surface area contributed by atoms with Gasteiger partial charge in [-0.1, -0.05) is 12.1 Å². The molecule has 3 rings (SSSR count). The van der Waals surface area contributed by atoms with E-state index in [1.807, 2.05) is 11.8 Å². The molecule has 1 aliphatic rings. The minimum atomic E-state index is -0.0139. The minimum absolute atomic E-state index is 0.0139. The Morgan fingerprint density at radius 2 is 2.25 bits per heavy atom. The van der Waals surface area contributed by atoms with Crippen LogP contribution in [0.3, 0.4) is 0 Å². The zero-order chi connectivity index (χ0) is 14.1. The number of amides is 1. The van der Waals surface area contributed by atoms with Crippen LogP contribution in [0.25, 0.3) is 0 Å². The van der Waals surface area contributed by atoms with Gasteiger partial charge in [-0.05, 0) is 43.0 Å². The van der Waals surface area contributed by atoms with Gasteiger partial charge in [0.05, 0.1) is 12.1 Å². The molecule has 0 bridgehead atoms. The van der Waals surface area contributed by atoms with E-state index in [4.69, 9.17) is 10.2 Å². The fourth-order valence-corrected chi connectivity index (χ4v) is 2.65. The molecule has 0 spiro atoms. The van der Waals surface area contributed by atoms with E-state index >= 15 is 0 Å². The van der Waals surface area contributed by atoms with Crippen molar-refractivity contribution < 1.29 is 9.21 Å². The maximum absolute atomic E-state index is 12.6. The van der Waals surface area contributed by atoms with Crippen molar-refractivity contribution >= 4 is 11.6 Å². The van der Waals surface area contributed by atoms with Gasteiger partial charge in [0.25, 0.3) is 5.91 Å². The minimum Gasteiger partial charge on any atom is -0.467 e. The number of hydrogen-bond acceptors (Lipinski definition) is 3. The van der Waals surface area contributed by atoms with E-state index in [0.717, 1.165) is 25.1 Å². The van der Waals surface area contributed by atoms with Crippen molar-refractivity contribution in [3.05, 3.63) is 53.0 Å². The standard InChI is InChI=1S/C16H18N2O2/c1-11-4-5-12-3-2-6-18(15(12)7-11)16(19)13-8-14(9-17)20-10-13/h4-5,7-8,10H,2-3,6,9,17H2,1H3. The molecule has 2 heterocycles. The summed E-state index contributed by atoms with van der Waals surface area (Å²) in [6.45, 7) is 3.10. The van der Waals surface area contributed by atoms with Crippen LogP contribution >= 0.6 is 0 Å². The van der Waals surface area contributed by atoms with E-state index in [0.29, 0.717) is 17.9 Å². The van der Waals surface area contributed by atoms with Crippen molar-refractivity contribution in [3.8, 4) is 0 Å². The smallest absolute Gasteiger partial charge is 0.261 e. The maximum Gasteiger partial charge on any atom is 0.261 e. The quantitative estimate of drug-likeness (QED) is 0.912. The van der Waals surface area contributed by atoms with E-state index in [2.05, 4.69) is 18.2 Å². The summed E-state index contributed by atoms with van der Waals surface area (Å²) in [5.74, 6) is 0.620. The molecule has 0 unspecified atom stereocenters. The van der Waals surface area contributed by atoms with Gasteiger partial charge in [0.1, 0.15) is 12.0 Å². The van der Waals surface area contributed by atoms with Crippen molar-refractivity contribution in [2.45, 2.75) is 26.3 Å². The van der Waals surface area contributed by atoms with Crippen LogP contribution in [0.2, 0.25) is 0 Å². The second kappa shape index (κ2) is 5.13. The number of carbonyl (C=O) groups excluding carboxylic acids is 1. The van der Waals surface area contributed by atoms with Gasteiger partial charge in [-0.3, -0.25) is 4.79 Å². The molecule has 0 aliphatic carbocycles.